The minimum atomic E-state index is -4.82. The number of alkyl halides is 6. The molecule has 0 saturated carbocycles. The molecule has 0 heterocycles. The maximum Gasteiger partial charge on any atom is 0.410 e. The largest absolute Gasteiger partial charge is 0.493 e. The lowest BCUT2D eigenvalue weighted by Gasteiger charge is -2.28. The van der Waals surface area contributed by atoms with Crippen LogP contribution in [0.2, 0.25) is 0 Å². The maximum absolute atomic E-state index is 13.9. The van der Waals surface area contributed by atoms with Crippen molar-refractivity contribution in [3.8, 4) is 5.75 Å². The van der Waals surface area contributed by atoms with Gasteiger partial charge in [-0.3, -0.25) is 0 Å². The monoisotopic (exact) mass is 361 g/mol. The van der Waals surface area contributed by atoms with Crippen LogP contribution in [-0.2, 0) is 5.54 Å². The number of hydrogen-bond donors (Lipinski definition) is 1. The van der Waals surface area contributed by atoms with Gasteiger partial charge in [0.1, 0.15) is 17.1 Å². The second kappa shape index (κ2) is 7.58. The van der Waals surface area contributed by atoms with Gasteiger partial charge in [-0.05, 0) is 32.3 Å². The van der Waals surface area contributed by atoms with Gasteiger partial charge in [-0.15, -0.1) is 0 Å². The van der Waals surface area contributed by atoms with Crippen LogP contribution in [-0.4, -0.2) is 19.0 Å². The molecule has 1 aromatic carbocycles. The Hall–Kier alpha value is -1.51. The second-order valence-corrected chi connectivity index (χ2v) is 5.62. The molecule has 2 nitrogen and oxygen atoms in total. The van der Waals surface area contributed by atoms with Crippen LogP contribution in [0.4, 0.5) is 30.7 Å². The van der Waals surface area contributed by atoms with Gasteiger partial charge >= 0.3 is 12.4 Å². The Morgan fingerprint density at radius 1 is 1.00 bits per heavy atom. The van der Waals surface area contributed by atoms with Crippen LogP contribution in [0.3, 0.4) is 0 Å². The van der Waals surface area contributed by atoms with Crippen LogP contribution in [0.1, 0.15) is 38.2 Å². The molecule has 1 atom stereocenters. The highest BCUT2D eigenvalue weighted by Gasteiger charge is 2.50. The third kappa shape index (κ3) is 5.85. The Kier molecular flexibility index (Phi) is 6.49. The van der Waals surface area contributed by atoms with Crippen molar-refractivity contribution in [3.63, 3.8) is 0 Å². The molecule has 1 aromatic rings. The third-order valence-corrected chi connectivity index (χ3v) is 3.46. The van der Waals surface area contributed by atoms with Crippen LogP contribution in [0.5, 0.6) is 5.75 Å². The average Bonchev–Trinajstić information content (AvgIpc) is 2.40. The second-order valence-electron chi connectivity index (χ2n) is 5.62. The van der Waals surface area contributed by atoms with E-state index in [-0.39, 0.29) is 25.2 Å². The van der Waals surface area contributed by atoms with Gasteiger partial charge in [-0.1, -0.05) is 6.07 Å². The Labute approximate surface area is 134 Å². The Morgan fingerprint density at radius 2 is 1.62 bits per heavy atom. The van der Waals surface area contributed by atoms with Crippen molar-refractivity contribution in [1.82, 2.24) is 0 Å². The summed E-state index contributed by atoms with van der Waals surface area (Å²) in [4.78, 5) is 0. The Balaban J connectivity index is 2.54. The SMILES string of the molecule is C[C@](N)(c1ccc(OCCCCCC(F)(F)F)cc1F)C(F)(F)F. The summed E-state index contributed by atoms with van der Waals surface area (Å²) >= 11 is 0. The number of rotatable bonds is 7. The van der Waals surface area contributed by atoms with Gasteiger partial charge in [0.25, 0.3) is 0 Å². The summed E-state index contributed by atoms with van der Waals surface area (Å²) in [5.74, 6) is -1.17. The Morgan fingerprint density at radius 3 is 2.12 bits per heavy atom. The lowest BCUT2D eigenvalue weighted by Crippen LogP contribution is -2.48. The molecule has 0 saturated heterocycles. The first-order valence-electron chi connectivity index (χ1n) is 7.20. The highest BCUT2D eigenvalue weighted by molar-refractivity contribution is 5.34. The number of benzene rings is 1. The van der Waals surface area contributed by atoms with Crippen molar-refractivity contribution < 1.29 is 35.5 Å². The number of ether oxygens (including phenoxy) is 1. The average molecular weight is 361 g/mol. The summed E-state index contributed by atoms with van der Waals surface area (Å²) < 4.78 is 93.2. The van der Waals surface area contributed by atoms with Crippen molar-refractivity contribution in [2.45, 2.75) is 50.5 Å². The summed E-state index contributed by atoms with van der Waals surface area (Å²) in [5, 5.41) is 0. The van der Waals surface area contributed by atoms with Gasteiger partial charge in [-0.2, -0.15) is 26.3 Å². The van der Waals surface area contributed by atoms with E-state index in [4.69, 9.17) is 10.5 Å². The molecule has 0 unspecified atom stereocenters. The van der Waals surface area contributed by atoms with Crippen LogP contribution < -0.4 is 10.5 Å². The first kappa shape index (κ1) is 20.5. The molecular weight excluding hydrogens is 343 g/mol. The van der Waals surface area contributed by atoms with E-state index in [1.807, 2.05) is 0 Å². The van der Waals surface area contributed by atoms with Gasteiger partial charge in [0, 0.05) is 18.1 Å². The molecule has 1 rings (SSSR count). The predicted octanol–water partition coefficient (Wildman–Crippen LogP) is 5.06. The van der Waals surface area contributed by atoms with Crippen LogP contribution in [0.15, 0.2) is 18.2 Å². The Bertz CT molecular complexity index is 538. The quantitative estimate of drug-likeness (QED) is 0.544. The molecule has 138 valence electrons. The lowest BCUT2D eigenvalue weighted by molar-refractivity contribution is -0.184. The molecule has 0 aliphatic carbocycles. The molecule has 0 bridgehead atoms. The number of halogens is 7. The molecule has 9 heteroatoms. The summed E-state index contributed by atoms with van der Waals surface area (Å²) in [6.45, 7) is 0.697. The molecule has 0 aromatic heterocycles. The van der Waals surface area contributed by atoms with Crippen LogP contribution in [0.25, 0.3) is 0 Å². The van der Waals surface area contributed by atoms with Crippen molar-refractivity contribution >= 4 is 0 Å². The van der Waals surface area contributed by atoms with Crippen molar-refractivity contribution in [3.05, 3.63) is 29.6 Å². The van der Waals surface area contributed by atoms with E-state index >= 15 is 0 Å². The number of unbranched alkanes of at least 4 members (excludes halogenated alkanes) is 2. The standard InChI is InChI=1S/C15H18F7NO/c1-13(23,15(20,21)22)11-6-5-10(9-12(11)16)24-8-4-2-3-7-14(17,18)19/h5-6,9H,2-4,7-8,23H2,1H3/t13-/m0/s1. The lowest BCUT2D eigenvalue weighted by atomic mass is 9.92. The van der Waals surface area contributed by atoms with Crippen molar-refractivity contribution in [1.29, 1.82) is 0 Å². The van der Waals surface area contributed by atoms with E-state index in [2.05, 4.69) is 0 Å². The fourth-order valence-corrected chi connectivity index (χ4v) is 1.95. The van der Waals surface area contributed by atoms with Crippen LogP contribution in [0, 0.1) is 5.82 Å². The fraction of sp³-hybridized carbons (Fsp3) is 0.600. The number of nitrogens with two attached hydrogens (primary N) is 1. The summed E-state index contributed by atoms with van der Waals surface area (Å²) in [6.07, 6.45) is -9.37. The van der Waals surface area contributed by atoms with E-state index < -0.39 is 35.7 Å². The number of hydrogen-bond acceptors (Lipinski definition) is 2. The molecule has 0 aliphatic rings. The topological polar surface area (TPSA) is 35.2 Å². The summed E-state index contributed by atoms with van der Waals surface area (Å²) in [7, 11) is 0. The molecule has 0 spiro atoms. The van der Waals surface area contributed by atoms with Gasteiger partial charge in [-0.25, -0.2) is 4.39 Å². The van der Waals surface area contributed by atoms with Gasteiger partial charge in [0.2, 0.25) is 0 Å². The maximum atomic E-state index is 13.9. The minimum absolute atomic E-state index is 0.00922. The predicted molar refractivity (Wildman–Crippen MR) is 74.0 cm³/mol. The first-order valence-corrected chi connectivity index (χ1v) is 7.20. The minimum Gasteiger partial charge on any atom is -0.493 e. The van der Waals surface area contributed by atoms with Gasteiger partial charge in [0.05, 0.1) is 6.61 Å². The first-order chi connectivity index (χ1) is 10.8. The van der Waals surface area contributed by atoms with Gasteiger partial charge < -0.3 is 10.5 Å². The zero-order chi connectivity index (χ0) is 18.6. The third-order valence-electron chi connectivity index (χ3n) is 3.46. The normalized spacial score (nSPS) is 15.2. The van der Waals surface area contributed by atoms with Crippen LogP contribution >= 0.6 is 0 Å². The zero-order valence-electron chi connectivity index (χ0n) is 12.9. The molecule has 2 N–H and O–H groups in total. The molecule has 24 heavy (non-hydrogen) atoms. The van der Waals surface area contributed by atoms with Crippen molar-refractivity contribution in [2.24, 2.45) is 5.73 Å². The zero-order valence-corrected chi connectivity index (χ0v) is 12.9. The molecule has 0 aliphatic heterocycles. The summed E-state index contributed by atoms with van der Waals surface area (Å²) in [5.41, 5.74) is 1.60. The highest BCUT2D eigenvalue weighted by Crippen LogP contribution is 2.38. The van der Waals surface area contributed by atoms with Gasteiger partial charge in [0.15, 0.2) is 0 Å². The molecular formula is C15H18F7NO. The van der Waals surface area contributed by atoms with E-state index in [1.54, 1.807) is 0 Å². The van der Waals surface area contributed by atoms with E-state index in [0.29, 0.717) is 13.3 Å². The highest BCUT2D eigenvalue weighted by atomic mass is 19.4. The summed E-state index contributed by atoms with van der Waals surface area (Å²) in [6, 6.07) is 2.81. The molecule has 0 fully saturated rings. The fourth-order valence-electron chi connectivity index (χ4n) is 1.95. The van der Waals surface area contributed by atoms with E-state index in [9.17, 15) is 30.7 Å². The smallest absolute Gasteiger partial charge is 0.410 e. The van der Waals surface area contributed by atoms with E-state index in [0.717, 1.165) is 18.2 Å². The van der Waals surface area contributed by atoms with Crippen molar-refractivity contribution in [2.75, 3.05) is 6.61 Å². The van der Waals surface area contributed by atoms with E-state index in [1.165, 1.54) is 0 Å². The molecule has 0 radical (unpaired) electrons. The molecule has 0 amide bonds.